The quantitative estimate of drug-likeness (QED) is 0.451. The number of hydrogen-bond acceptors (Lipinski definition) is 7. The Morgan fingerprint density at radius 3 is 2.81 bits per heavy atom. The van der Waals surface area contributed by atoms with E-state index < -0.39 is 0 Å². The molecule has 0 unspecified atom stereocenters. The Hall–Kier alpha value is -4.01. The normalized spacial score (nSPS) is 11.0. The van der Waals surface area contributed by atoms with Gasteiger partial charge in [-0.15, -0.1) is 0 Å². The highest BCUT2D eigenvalue weighted by Crippen LogP contribution is 2.20. The predicted molar refractivity (Wildman–Crippen MR) is 118 cm³/mol. The third kappa shape index (κ3) is 4.83. The number of aromatic nitrogens is 5. The largest absolute Gasteiger partial charge is 0.494 e. The topological polar surface area (TPSA) is 108 Å². The van der Waals surface area contributed by atoms with Gasteiger partial charge in [0.05, 0.1) is 12.2 Å². The fourth-order valence-corrected chi connectivity index (χ4v) is 3.00. The van der Waals surface area contributed by atoms with Crippen LogP contribution in [0.25, 0.3) is 17.3 Å². The molecule has 9 nitrogen and oxygen atoms in total. The molecule has 0 saturated carbocycles. The molecule has 0 aliphatic carbocycles. The van der Waals surface area contributed by atoms with Gasteiger partial charge in [-0.3, -0.25) is 9.36 Å². The number of nitrogens with one attached hydrogen (secondary N) is 1. The molecule has 164 valence electrons. The molecule has 4 aromatic rings. The first-order valence-corrected chi connectivity index (χ1v) is 10.4. The summed E-state index contributed by atoms with van der Waals surface area (Å²) in [6.45, 7) is 6.90. The van der Waals surface area contributed by atoms with Crippen molar-refractivity contribution in [3.63, 3.8) is 0 Å². The van der Waals surface area contributed by atoms with Gasteiger partial charge in [-0.2, -0.15) is 4.98 Å². The summed E-state index contributed by atoms with van der Waals surface area (Å²) in [6.07, 6.45) is 4.84. The summed E-state index contributed by atoms with van der Waals surface area (Å²) in [4.78, 5) is 25.5. The molecular formula is C23H24N6O3. The van der Waals surface area contributed by atoms with Gasteiger partial charge >= 0.3 is 0 Å². The lowest BCUT2D eigenvalue weighted by Crippen LogP contribution is -2.23. The summed E-state index contributed by atoms with van der Waals surface area (Å²) in [5, 5.41) is 6.84. The van der Waals surface area contributed by atoms with Crippen LogP contribution in [0.1, 0.15) is 48.6 Å². The van der Waals surface area contributed by atoms with Gasteiger partial charge < -0.3 is 14.6 Å². The number of imidazole rings is 1. The lowest BCUT2D eigenvalue weighted by atomic mass is 10.2. The number of amides is 1. The zero-order valence-electron chi connectivity index (χ0n) is 18.1. The number of benzene rings is 1. The standard InChI is InChI=1S/C23H24N6O3/c1-4-31-18-7-5-6-16(10-18)11-25-22(30)19-13-29(14-26-19)20-9-8-17(12-24-20)23-27-21(15(2)3)28-32-23/h5-10,12-15H,4,11H2,1-3H3,(H,25,30). The fourth-order valence-electron chi connectivity index (χ4n) is 3.00. The summed E-state index contributed by atoms with van der Waals surface area (Å²) in [5.41, 5.74) is 1.97. The zero-order valence-corrected chi connectivity index (χ0v) is 18.1. The molecule has 0 saturated heterocycles. The van der Waals surface area contributed by atoms with Crippen LogP contribution in [0.2, 0.25) is 0 Å². The average molecular weight is 432 g/mol. The van der Waals surface area contributed by atoms with E-state index in [2.05, 4.69) is 25.4 Å². The highest BCUT2D eigenvalue weighted by molar-refractivity contribution is 5.92. The Bertz CT molecular complexity index is 1200. The van der Waals surface area contributed by atoms with Crippen molar-refractivity contribution in [2.45, 2.75) is 33.2 Å². The molecule has 0 atom stereocenters. The molecule has 3 aromatic heterocycles. The summed E-state index contributed by atoms with van der Waals surface area (Å²) in [7, 11) is 0. The van der Waals surface area contributed by atoms with E-state index in [0.717, 1.165) is 16.9 Å². The summed E-state index contributed by atoms with van der Waals surface area (Å²) in [6, 6.07) is 11.3. The van der Waals surface area contributed by atoms with Crippen LogP contribution < -0.4 is 10.1 Å². The fraction of sp³-hybridized carbons (Fsp3) is 0.261. The van der Waals surface area contributed by atoms with Gasteiger partial charge in [-0.1, -0.05) is 31.1 Å². The molecule has 9 heteroatoms. The number of pyridine rings is 1. The van der Waals surface area contributed by atoms with E-state index in [1.54, 1.807) is 29.4 Å². The minimum Gasteiger partial charge on any atom is -0.494 e. The van der Waals surface area contributed by atoms with Gasteiger partial charge in [0.1, 0.15) is 23.6 Å². The van der Waals surface area contributed by atoms with Crippen molar-refractivity contribution in [3.8, 4) is 23.0 Å². The number of rotatable bonds is 8. The maximum absolute atomic E-state index is 12.5. The van der Waals surface area contributed by atoms with Gasteiger partial charge in [-0.05, 0) is 36.8 Å². The second-order valence-electron chi connectivity index (χ2n) is 7.45. The van der Waals surface area contributed by atoms with Crippen molar-refractivity contribution in [1.82, 2.24) is 30.0 Å². The lowest BCUT2D eigenvalue weighted by molar-refractivity contribution is 0.0946. The van der Waals surface area contributed by atoms with Crippen molar-refractivity contribution in [2.75, 3.05) is 6.61 Å². The number of ether oxygens (including phenoxy) is 1. The SMILES string of the molecule is CCOc1cccc(CNC(=O)c2cn(-c3ccc(-c4nc(C(C)C)no4)cn3)cn2)c1. The Morgan fingerprint density at radius 2 is 2.09 bits per heavy atom. The van der Waals surface area contributed by atoms with Crippen molar-refractivity contribution >= 4 is 5.91 Å². The molecule has 0 fully saturated rings. The molecule has 3 heterocycles. The number of hydrogen-bond donors (Lipinski definition) is 1. The molecule has 1 amide bonds. The predicted octanol–water partition coefficient (Wildman–Crippen LogP) is 3.77. The zero-order chi connectivity index (χ0) is 22.5. The Balaban J connectivity index is 1.40. The first kappa shape index (κ1) is 21.2. The summed E-state index contributed by atoms with van der Waals surface area (Å²) in [5.74, 6) is 2.39. The molecule has 0 aliphatic rings. The second-order valence-corrected chi connectivity index (χ2v) is 7.45. The maximum Gasteiger partial charge on any atom is 0.271 e. The van der Waals surface area contributed by atoms with E-state index in [1.165, 1.54) is 0 Å². The van der Waals surface area contributed by atoms with Crippen molar-refractivity contribution in [3.05, 3.63) is 72.2 Å². The van der Waals surface area contributed by atoms with Crippen molar-refractivity contribution in [1.29, 1.82) is 0 Å². The Morgan fingerprint density at radius 1 is 1.22 bits per heavy atom. The summed E-state index contributed by atoms with van der Waals surface area (Å²) < 4.78 is 12.5. The van der Waals surface area contributed by atoms with E-state index in [9.17, 15) is 4.79 Å². The smallest absolute Gasteiger partial charge is 0.271 e. The van der Waals surface area contributed by atoms with Crippen LogP contribution >= 0.6 is 0 Å². The lowest BCUT2D eigenvalue weighted by Gasteiger charge is -2.07. The van der Waals surface area contributed by atoms with Crippen LogP contribution in [0.15, 0.2) is 59.6 Å². The monoisotopic (exact) mass is 432 g/mol. The van der Waals surface area contributed by atoms with Crippen LogP contribution in [0, 0.1) is 0 Å². The highest BCUT2D eigenvalue weighted by Gasteiger charge is 2.13. The molecule has 32 heavy (non-hydrogen) atoms. The first-order valence-electron chi connectivity index (χ1n) is 10.4. The van der Waals surface area contributed by atoms with Gasteiger partial charge in [0.25, 0.3) is 11.8 Å². The minimum atomic E-state index is -0.269. The third-order valence-electron chi connectivity index (χ3n) is 4.70. The average Bonchev–Trinajstić information content (AvgIpc) is 3.49. The van der Waals surface area contributed by atoms with Crippen LogP contribution in [0.3, 0.4) is 0 Å². The maximum atomic E-state index is 12.5. The Labute approximate surface area is 185 Å². The van der Waals surface area contributed by atoms with E-state index in [-0.39, 0.29) is 11.8 Å². The molecule has 1 aromatic carbocycles. The van der Waals surface area contributed by atoms with E-state index in [1.807, 2.05) is 51.1 Å². The number of carbonyl (C=O) groups is 1. The highest BCUT2D eigenvalue weighted by atomic mass is 16.5. The number of carbonyl (C=O) groups excluding carboxylic acids is 1. The van der Waals surface area contributed by atoms with Crippen LogP contribution in [0.5, 0.6) is 5.75 Å². The number of nitrogens with zero attached hydrogens (tertiary/aromatic N) is 5. The molecule has 1 N–H and O–H groups in total. The molecule has 0 aliphatic heterocycles. The molecule has 0 spiro atoms. The van der Waals surface area contributed by atoms with Crippen LogP contribution in [0.4, 0.5) is 0 Å². The van der Waals surface area contributed by atoms with E-state index in [4.69, 9.17) is 9.26 Å². The van der Waals surface area contributed by atoms with Crippen LogP contribution in [-0.2, 0) is 6.54 Å². The van der Waals surface area contributed by atoms with Gasteiger partial charge in [-0.25, -0.2) is 9.97 Å². The molecule has 4 rings (SSSR count). The second kappa shape index (κ2) is 9.42. The summed E-state index contributed by atoms with van der Waals surface area (Å²) >= 11 is 0. The third-order valence-corrected chi connectivity index (χ3v) is 4.70. The minimum absolute atomic E-state index is 0.184. The molecule has 0 radical (unpaired) electrons. The first-order chi connectivity index (χ1) is 15.5. The molecular weight excluding hydrogens is 408 g/mol. The van der Waals surface area contributed by atoms with Gasteiger partial charge in [0, 0.05) is 24.9 Å². The Kier molecular flexibility index (Phi) is 6.25. The van der Waals surface area contributed by atoms with Crippen molar-refractivity contribution < 1.29 is 14.1 Å². The van der Waals surface area contributed by atoms with Crippen molar-refractivity contribution in [2.24, 2.45) is 0 Å². The van der Waals surface area contributed by atoms with Crippen LogP contribution in [-0.4, -0.2) is 37.2 Å². The van der Waals surface area contributed by atoms with E-state index in [0.29, 0.717) is 36.4 Å². The van der Waals surface area contributed by atoms with E-state index >= 15 is 0 Å². The van der Waals surface area contributed by atoms with Gasteiger partial charge in [0.15, 0.2) is 5.82 Å². The molecule has 0 bridgehead atoms. The van der Waals surface area contributed by atoms with Gasteiger partial charge in [0.2, 0.25) is 0 Å².